The Morgan fingerprint density at radius 1 is 1.67 bits per heavy atom. The number of carboxylic acids is 1. The Hall–Kier alpha value is -1.32. The minimum Gasteiger partial charge on any atom is -0.481 e. The van der Waals surface area contributed by atoms with E-state index in [-0.39, 0.29) is 12.3 Å². The molecule has 1 aliphatic heterocycles. The molecule has 4 heteroatoms. The molecule has 0 fully saturated rings. The molecule has 0 bridgehead atoms. The average molecular weight is 208 g/mol. The number of aryl methyl sites for hydroxylation is 1. The highest BCUT2D eigenvalue weighted by molar-refractivity contribution is 5.68. The molecule has 0 saturated heterocycles. The van der Waals surface area contributed by atoms with Gasteiger partial charge in [-0.25, -0.2) is 0 Å². The minimum absolute atomic E-state index is 0.0735. The number of carbonyl (C=O) groups is 1. The van der Waals surface area contributed by atoms with Crippen molar-refractivity contribution in [1.82, 2.24) is 9.78 Å². The van der Waals surface area contributed by atoms with Gasteiger partial charge in [0.2, 0.25) is 0 Å². The molecule has 0 radical (unpaired) electrons. The third-order valence-electron chi connectivity index (χ3n) is 3.03. The van der Waals surface area contributed by atoms with E-state index in [2.05, 4.69) is 5.10 Å². The maximum atomic E-state index is 10.6. The summed E-state index contributed by atoms with van der Waals surface area (Å²) in [6.07, 6.45) is 5.45. The Bertz CT molecular complexity index is 371. The Labute approximate surface area is 88.9 Å². The fourth-order valence-electron chi connectivity index (χ4n) is 2.23. The van der Waals surface area contributed by atoms with Crippen molar-refractivity contribution in [2.45, 2.75) is 45.1 Å². The third kappa shape index (κ3) is 2.03. The predicted molar refractivity (Wildman–Crippen MR) is 55.8 cm³/mol. The monoisotopic (exact) mass is 208 g/mol. The molecule has 4 nitrogen and oxygen atoms in total. The Morgan fingerprint density at radius 3 is 3.20 bits per heavy atom. The van der Waals surface area contributed by atoms with Gasteiger partial charge >= 0.3 is 5.97 Å². The smallest absolute Gasteiger partial charge is 0.303 e. The number of carboxylic acid groups (broad SMARTS) is 1. The molecular formula is C11H16N2O2. The van der Waals surface area contributed by atoms with Gasteiger partial charge in [0.1, 0.15) is 0 Å². The molecular weight excluding hydrogens is 192 g/mol. The van der Waals surface area contributed by atoms with Crippen molar-refractivity contribution < 1.29 is 9.90 Å². The fraction of sp³-hybridized carbons (Fsp3) is 0.636. The van der Waals surface area contributed by atoms with Crippen LogP contribution < -0.4 is 0 Å². The molecule has 15 heavy (non-hydrogen) atoms. The second kappa shape index (κ2) is 4.04. The number of aliphatic carboxylic acids is 1. The van der Waals surface area contributed by atoms with Crippen LogP contribution in [0, 0.1) is 0 Å². The molecule has 1 atom stereocenters. The number of hydrogen-bond acceptors (Lipinski definition) is 2. The Balaban J connectivity index is 2.20. The molecule has 1 aliphatic rings. The maximum Gasteiger partial charge on any atom is 0.303 e. The number of fused-ring (bicyclic) bond motifs is 1. The number of nitrogens with zero attached hydrogens (tertiary/aromatic N) is 2. The van der Waals surface area contributed by atoms with Crippen LogP contribution in [-0.4, -0.2) is 20.9 Å². The first-order valence-corrected chi connectivity index (χ1v) is 5.45. The van der Waals surface area contributed by atoms with Crippen molar-refractivity contribution in [3.05, 3.63) is 17.5 Å². The summed E-state index contributed by atoms with van der Waals surface area (Å²) in [6.45, 7) is 2.94. The zero-order valence-corrected chi connectivity index (χ0v) is 8.94. The van der Waals surface area contributed by atoms with Crippen LogP contribution in [0.4, 0.5) is 0 Å². The first-order valence-electron chi connectivity index (χ1n) is 5.45. The molecule has 2 heterocycles. The zero-order valence-electron chi connectivity index (χ0n) is 8.94. The molecule has 1 unspecified atom stereocenters. The molecule has 0 amide bonds. The van der Waals surface area contributed by atoms with Gasteiger partial charge in [0.15, 0.2) is 0 Å². The highest BCUT2D eigenvalue weighted by Gasteiger charge is 2.20. The topological polar surface area (TPSA) is 55.1 Å². The molecule has 0 spiro atoms. The van der Waals surface area contributed by atoms with E-state index in [4.69, 9.17) is 5.11 Å². The highest BCUT2D eigenvalue weighted by atomic mass is 16.4. The van der Waals surface area contributed by atoms with E-state index >= 15 is 0 Å². The van der Waals surface area contributed by atoms with Crippen molar-refractivity contribution >= 4 is 5.97 Å². The molecule has 1 N–H and O–H groups in total. The van der Waals surface area contributed by atoms with E-state index < -0.39 is 5.97 Å². The second-order valence-corrected chi connectivity index (χ2v) is 4.23. The third-order valence-corrected chi connectivity index (χ3v) is 3.03. The first kappa shape index (κ1) is 10.2. The standard InChI is InChI=1S/C11H16N2O2/c1-8(6-11(14)15)9-7-12-13-5-3-2-4-10(9)13/h7-8H,2-6H2,1H3,(H,14,15). The summed E-state index contributed by atoms with van der Waals surface area (Å²) in [5, 5.41) is 13.1. The zero-order chi connectivity index (χ0) is 10.8. The van der Waals surface area contributed by atoms with Crippen LogP contribution in [-0.2, 0) is 17.8 Å². The number of rotatable bonds is 3. The molecule has 1 aromatic rings. The summed E-state index contributed by atoms with van der Waals surface area (Å²) in [6, 6.07) is 0. The van der Waals surface area contributed by atoms with Crippen LogP contribution >= 0.6 is 0 Å². The normalized spacial score (nSPS) is 17.1. The molecule has 0 aromatic carbocycles. The maximum absolute atomic E-state index is 10.6. The van der Waals surface area contributed by atoms with E-state index in [9.17, 15) is 4.79 Å². The van der Waals surface area contributed by atoms with Gasteiger partial charge in [-0.3, -0.25) is 9.48 Å². The average Bonchev–Trinajstić information content (AvgIpc) is 2.59. The van der Waals surface area contributed by atoms with Gasteiger partial charge in [-0.05, 0) is 30.7 Å². The summed E-state index contributed by atoms with van der Waals surface area (Å²) in [4.78, 5) is 10.6. The lowest BCUT2D eigenvalue weighted by Crippen LogP contribution is -2.13. The Morgan fingerprint density at radius 2 is 2.47 bits per heavy atom. The quantitative estimate of drug-likeness (QED) is 0.824. The summed E-state index contributed by atoms with van der Waals surface area (Å²) < 4.78 is 2.02. The van der Waals surface area contributed by atoms with Crippen LogP contribution in [0.25, 0.3) is 0 Å². The van der Waals surface area contributed by atoms with Gasteiger partial charge < -0.3 is 5.11 Å². The number of hydrogen-bond donors (Lipinski definition) is 1. The van der Waals surface area contributed by atoms with Crippen LogP contribution in [0.1, 0.15) is 43.4 Å². The lowest BCUT2D eigenvalue weighted by atomic mass is 9.95. The lowest BCUT2D eigenvalue weighted by molar-refractivity contribution is -0.137. The van der Waals surface area contributed by atoms with Gasteiger partial charge in [0.05, 0.1) is 12.6 Å². The van der Waals surface area contributed by atoms with Gasteiger partial charge in [0, 0.05) is 12.2 Å². The molecule has 0 aliphatic carbocycles. The second-order valence-electron chi connectivity index (χ2n) is 4.23. The van der Waals surface area contributed by atoms with E-state index in [0.717, 1.165) is 18.5 Å². The summed E-state index contributed by atoms with van der Waals surface area (Å²) in [7, 11) is 0. The molecule has 0 saturated carbocycles. The summed E-state index contributed by atoms with van der Waals surface area (Å²) in [5.74, 6) is -0.664. The fourth-order valence-corrected chi connectivity index (χ4v) is 2.23. The van der Waals surface area contributed by atoms with Crippen molar-refractivity contribution in [2.24, 2.45) is 0 Å². The lowest BCUT2D eigenvalue weighted by Gasteiger charge is -2.16. The van der Waals surface area contributed by atoms with Crippen LogP contribution in [0.3, 0.4) is 0 Å². The van der Waals surface area contributed by atoms with Gasteiger partial charge in [0.25, 0.3) is 0 Å². The van der Waals surface area contributed by atoms with E-state index in [1.165, 1.54) is 18.5 Å². The van der Waals surface area contributed by atoms with Crippen molar-refractivity contribution in [3.8, 4) is 0 Å². The van der Waals surface area contributed by atoms with Crippen LogP contribution in [0.5, 0.6) is 0 Å². The van der Waals surface area contributed by atoms with Gasteiger partial charge in [-0.2, -0.15) is 5.10 Å². The van der Waals surface area contributed by atoms with E-state index in [1.54, 1.807) is 0 Å². The molecule has 1 aromatic heterocycles. The van der Waals surface area contributed by atoms with Gasteiger partial charge in [-0.15, -0.1) is 0 Å². The first-order chi connectivity index (χ1) is 7.18. The van der Waals surface area contributed by atoms with Crippen molar-refractivity contribution in [2.75, 3.05) is 0 Å². The van der Waals surface area contributed by atoms with E-state index in [1.807, 2.05) is 17.8 Å². The predicted octanol–water partition coefficient (Wildman–Crippen LogP) is 1.80. The SMILES string of the molecule is CC(CC(=O)O)c1cnn2c1CCCC2. The summed E-state index contributed by atoms with van der Waals surface area (Å²) >= 11 is 0. The Kier molecular flexibility index (Phi) is 2.75. The van der Waals surface area contributed by atoms with Crippen LogP contribution in [0.15, 0.2) is 6.20 Å². The minimum atomic E-state index is -0.738. The highest BCUT2D eigenvalue weighted by Crippen LogP contribution is 2.26. The molecule has 2 rings (SSSR count). The van der Waals surface area contributed by atoms with E-state index in [0.29, 0.717) is 0 Å². The van der Waals surface area contributed by atoms with Crippen LogP contribution in [0.2, 0.25) is 0 Å². The van der Waals surface area contributed by atoms with Crippen molar-refractivity contribution in [3.63, 3.8) is 0 Å². The van der Waals surface area contributed by atoms with Gasteiger partial charge in [-0.1, -0.05) is 6.92 Å². The summed E-state index contributed by atoms with van der Waals surface area (Å²) in [5.41, 5.74) is 2.37. The van der Waals surface area contributed by atoms with Crippen molar-refractivity contribution in [1.29, 1.82) is 0 Å². The largest absolute Gasteiger partial charge is 0.481 e. The number of aromatic nitrogens is 2. The molecule has 82 valence electrons.